The standard InChI is InChI=1S/C21H29N3O4.HI/c1-2-25-13-4-10-22-21(24-12-9-18-5-3-14-26-18)23-11-8-17-6-7-19-20(15-17)28-16-27-19;/h3,5-7,14-15H,2,4,8-13,16H2,1H3,(H2,22,23,24);1H. The van der Waals surface area contributed by atoms with Gasteiger partial charge in [-0.05, 0) is 49.6 Å². The largest absolute Gasteiger partial charge is 0.469 e. The molecule has 0 saturated carbocycles. The molecule has 1 aliphatic rings. The molecule has 0 radical (unpaired) electrons. The molecule has 0 atom stereocenters. The monoisotopic (exact) mass is 515 g/mol. The maximum Gasteiger partial charge on any atom is 0.231 e. The van der Waals surface area contributed by atoms with E-state index in [4.69, 9.17) is 18.6 Å². The number of furan rings is 1. The number of guanidine groups is 1. The highest BCUT2D eigenvalue weighted by Crippen LogP contribution is 2.32. The van der Waals surface area contributed by atoms with Crippen molar-refractivity contribution in [1.82, 2.24) is 10.6 Å². The predicted octanol–water partition coefficient (Wildman–Crippen LogP) is 3.37. The molecular weight excluding hydrogens is 485 g/mol. The van der Waals surface area contributed by atoms with E-state index in [0.29, 0.717) is 6.79 Å². The lowest BCUT2D eigenvalue weighted by Crippen LogP contribution is -2.39. The van der Waals surface area contributed by atoms with Crippen molar-refractivity contribution in [3.05, 3.63) is 47.9 Å². The number of rotatable bonds is 11. The molecule has 1 aromatic heterocycles. The molecule has 3 rings (SSSR count). The summed E-state index contributed by atoms with van der Waals surface area (Å²) in [6.07, 6.45) is 4.28. The summed E-state index contributed by atoms with van der Waals surface area (Å²) in [4.78, 5) is 4.64. The Morgan fingerprint density at radius 2 is 1.93 bits per heavy atom. The van der Waals surface area contributed by atoms with Crippen LogP contribution in [0, 0.1) is 0 Å². The fourth-order valence-electron chi connectivity index (χ4n) is 2.86. The highest BCUT2D eigenvalue weighted by atomic mass is 127. The van der Waals surface area contributed by atoms with Gasteiger partial charge >= 0.3 is 0 Å². The number of nitrogens with one attached hydrogen (secondary N) is 2. The van der Waals surface area contributed by atoms with Crippen LogP contribution in [0.1, 0.15) is 24.7 Å². The summed E-state index contributed by atoms with van der Waals surface area (Å²) in [5.41, 5.74) is 1.20. The minimum absolute atomic E-state index is 0. The zero-order valence-corrected chi connectivity index (χ0v) is 19.1. The van der Waals surface area contributed by atoms with Gasteiger partial charge in [0.25, 0.3) is 0 Å². The lowest BCUT2D eigenvalue weighted by atomic mass is 10.1. The number of halogens is 1. The van der Waals surface area contributed by atoms with Crippen molar-refractivity contribution in [3.8, 4) is 11.5 Å². The Morgan fingerprint density at radius 1 is 1.10 bits per heavy atom. The summed E-state index contributed by atoms with van der Waals surface area (Å²) in [5.74, 6) is 3.40. The normalized spacial score (nSPS) is 12.5. The average Bonchev–Trinajstić information content (AvgIpc) is 3.38. The topological polar surface area (TPSA) is 77.2 Å². The van der Waals surface area contributed by atoms with Crippen molar-refractivity contribution in [2.24, 2.45) is 4.99 Å². The molecule has 1 aliphatic heterocycles. The van der Waals surface area contributed by atoms with E-state index in [2.05, 4.69) is 21.7 Å². The lowest BCUT2D eigenvalue weighted by molar-refractivity contribution is 0.146. The van der Waals surface area contributed by atoms with Crippen LogP contribution in [0.2, 0.25) is 0 Å². The maximum absolute atomic E-state index is 5.44. The Kier molecular flexibility index (Phi) is 10.7. The zero-order valence-electron chi connectivity index (χ0n) is 16.8. The average molecular weight is 515 g/mol. The van der Waals surface area contributed by atoms with Crippen LogP contribution >= 0.6 is 24.0 Å². The van der Waals surface area contributed by atoms with Crippen LogP contribution in [0.5, 0.6) is 11.5 Å². The third-order valence-corrected chi connectivity index (χ3v) is 4.31. The van der Waals surface area contributed by atoms with Crippen molar-refractivity contribution in [2.45, 2.75) is 26.2 Å². The molecule has 0 fully saturated rings. The van der Waals surface area contributed by atoms with E-state index in [1.807, 2.05) is 31.2 Å². The predicted molar refractivity (Wildman–Crippen MR) is 124 cm³/mol. The third-order valence-electron chi connectivity index (χ3n) is 4.31. The molecule has 2 aromatic rings. The van der Waals surface area contributed by atoms with Crippen LogP contribution in [0.4, 0.5) is 0 Å². The molecule has 0 spiro atoms. The minimum Gasteiger partial charge on any atom is -0.469 e. The van der Waals surface area contributed by atoms with Gasteiger partial charge in [0, 0.05) is 39.3 Å². The first-order valence-electron chi connectivity index (χ1n) is 9.86. The first kappa shape index (κ1) is 23.3. The molecule has 7 nitrogen and oxygen atoms in total. The van der Waals surface area contributed by atoms with Crippen molar-refractivity contribution >= 4 is 29.9 Å². The number of hydrogen-bond donors (Lipinski definition) is 2. The fourth-order valence-corrected chi connectivity index (χ4v) is 2.86. The van der Waals surface area contributed by atoms with Gasteiger partial charge in [0.05, 0.1) is 6.26 Å². The van der Waals surface area contributed by atoms with E-state index in [-0.39, 0.29) is 24.0 Å². The molecule has 0 bridgehead atoms. The molecule has 0 amide bonds. The molecule has 160 valence electrons. The van der Waals surface area contributed by atoms with Crippen LogP contribution in [0.15, 0.2) is 46.0 Å². The molecular formula is C21H30IN3O4. The van der Waals surface area contributed by atoms with Crippen LogP contribution in [0.25, 0.3) is 0 Å². The maximum atomic E-state index is 5.44. The van der Waals surface area contributed by atoms with E-state index in [9.17, 15) is 0 Å². The number of nitrogens with zero attached hydrogens (tertiary/aromatic N) is 1. The van der Waals surface area contributed by atoms with Gasteiger partial charge in [-0.15, -0.1) is 24.0 Å². The zero-order chi connectivity index (χ0) is 19.4. The number of benzene rings is 1. The Bertz CT molecular complexity index is 738. The Hall–Kier alpha value is -1.94. The first-order valence-corrected chi connectivity index (χ1v) is 9.86. The van der Waals surface area contributed by atoms with Gasteiger partial charge in [-0.25, -0.2) is 0 Å². The van der Waals surface area contributed by atoms with Gasteiger partial charge < -0.3 is 29.3 Å². The van der Waals surface area contributed by atoms with E-state index in [1.165, 1.54) is 5.56 Å². The molecule has 8 heteroatoms. The fraction of sp³-hybridized carbons (Fsp3) is 0.476. The second-order valence-electron chi connectivity index (χ2n) is 6.40. The van der Waals surface area contributed by atoms with Crippen molar-refractivity contribution in [2.75, 3.05) is 39.6 Å². The van der Waals surface area contributed by atoms with Gasteiger partial charge in [0.1, 0.15) is 5.76 Å². The summed E-state index contributed by atoms with van der Waals surface area (Å²) >= 11 is 0. The number of aliphatic imine (C=N–C) groups is 1. The molecule has 2 heterocycles. The number of ether oxygens (including phenoxy) is 3. The highest BCUT2D eigenvalue weighted by molar-refractivity contribution is 14.0. The molecule has 0 unspecified atom stereocenters. The molecule has 0 saturated heterocycles. The van der Waals surface area contributed by atoms with Gasteiger partial charge in [-0.2, -0.15) is 0 Å². The van der Waals surface area contributed by atoms with Gasteiger partial charge in [0.2, 0.25) is 6.79 Å². The smallest absolute Gasteiger partial charge is 0.231 e. The lowest BCUT2D eigenvalue weighted by Gasteiger charge is -2.12. The molecule has 0 aliphatic carbocycles. The van der Waals surface area contributed by atoms with Crippen LogP contribution < -0.4 is 20.1 Å². The summed E-state index contributed by atoms with van der Waals surface area (Å²) in [5, 5.41) is 6.77. The van der Waals surface area contributed by atoms with Gasteiger partial charge in [-0.1, -0.05) is 6.07 Å². The second kappa shape index (κ2) is 13.3. The third kappa shape index (κ3) is 8.14. The molecule has 1 aromatic carbocycles. The minimum atomic E-state index is 0. The van der Waals surface area contributed by atoms with E-state index in [0.717, 1.165) is 75.3 Å². The highest BCUT2D eigenvalue weighted by Gasteiger charge is 2.13. The van der Waals surface area contributed by atoms with E-state index >= 15 is 0 Å². The van der Waals surface area contributed by atoms with Gasteiger partial charge in [-0.3, -0.25) is 4.99 Å². The SMILES string of the molecule is CCOCCCN=C(NCCc1ccc2c(c1)OCO2)NCCc1ccco1.I. The van der Waals surface area contributed by atoms with Crippen molar-refractivity contribution in [1.29, 1.82) is 0 Å². The van der Waals surface area contributed by atoms with E-state index in [1.54, 1.807) is 6.26 Å². The summed E-state index contributed by atoms with van der Waals surface area (Å²) < 4.78 is 21.6. The Morgan fingerprint density at radius 3 is 2.72 bits per heavy atom. The summed E-state index contributed by atoms with van der Waals surface area (Å²) in [6.45, 7) is 6.03. The molecule has 29 heavy (non-hydrogen) atoms. The van der Waals surface area contributed by atoms with Crippen LogP contribution in [-0.2, 0) is 17.6 Å². The number of hydrogen-bond acceptors (Lipinski definition) is 5. The van der Waals surface area contributed by atoms with Crippen molar-refractivity contribution in [3.63, 3.8) is 0 Å². The quantitative estimate of drug-likeness (QED) is 0.207. The van der Waals surface area contributed by atoms with E-state index < -0.39 is 0 Å². The first-order chi connectivity index (χ1) is 13.8. The van der Waals surface area contributed by atoms with Crippen molar-refractivity contribution < 1.29 is 18.6 Å². The summed E-state index contributed by atoms with van der Waals surface area (Å²) in [7, 11) is 0. The molecule has 2 N–H and O–H groups in total. The Balaban J connectivity index is 0.00000300. The van der Waals surface area contributed by atoms with Gasteiger partial charge in [0.15, 0.2) is 17.5 Å². The second-order valence-corrected chi connectivity index (χ2v) is 6.40. The number of fused-ring (bicyclic) bond motifs is 1. The summed E-state index contributed by atoms with van der Waals surface area (Å²) in [6, 6.07) is 9.95. The Labute approximate surface area is 189 Å². The van der Waals surface area contributed by atoms with Crippen LogP contribution in [-0.4, -0.2) is 45.6 Å². The van der Waals surface area contributed by atoms with Crippen LogP contribution in [0.3, 0.4) is 0 Å².